The Balaban J connectivity index is 2.15. The Morgan fingerprint density at radius 2 is 1.83 bits per heavy atom. The van der Waals surface area contributed by atoms with E-state index in [4.69, 9.17) is 0 Å². The van der Waals surface area contributed by atoms with E-state index in [1.165, 1.54) is 44.9 Å². The number of aryl methyl sites for hydroxylation is 1. The summed E-state index contributed by atoms with van der Waals surface area (Å²) >= 11 is 0. The molecule has 1 aromatic heterocycles. The minimum Gasteiger partial charge on any atom is -0.310 e. The van der Waals surface area contributed by atoms with Gasteiger partial charge in [-0.05, 0) is 13.5 Å². The summed E-state index contributed by atoms with van der Waals surface area (Å²) in [4.78, 5) is 4.32. The molecule has 0 fully saturated rings. The minimum atomic E-state index is 0.341. The van der Waals surface area contributed by atoms with Gasteiger partial charge in [0.25, 0.3) is 0 Å². The van der Waals surface area contributed by atoms with E-state index in [1.54, 1.807) is 6.33 Å². The van der Waals surface area contributed by atoms with Crippen molar-refractivity contribution in [2.24, 2.45) is 7.05 Å². The van der Waals surface area contributed by atoms with Crippen molar-refractivity contribution in [2.75, 3.05) is 7.05 Å². The van der Waals surface area contributed by atoms with E-state index in [9.17, 15) is 0 Å². The second kappa shape index (κ2) is 9.09. The Morgan fingerprint density at radius 1 is 1.17 bits per heavy atom. The molecule has 104 valence electrons. The summed E-state index contributed by atoms with van der Waals surface area (Å²) in [5, 5.41) is 7.46. The van der Waals surface area contributed by atoms with E-state index in [0.29, 0.717) is 6.04 Å². The van der Waals surface area contributed by atoms with E-state index in [0.717, 1.165) is 12.2 Å². The molecule has 1 aromatic rings. The van der Waals surface area contributed by atoms with Crippen molar-refractivity contribution in [2.45, 2.75) is 64.3 Å². The number of rotatable bonds is 10. The van der Waals surface area contributed by atoms with Crippen LogP contribution in [0.5, 0.6) is 0 Å². The van der Waals surface area contributed by atoms with Crippen LogP contribution in [0.1, 0.15) is 70.2 Å². The van der Waals surface area contributed by atoms with Crippen molar-refractivity contribution in [1.82, 2.24) is 20.1 Å². The van der Waals surface area contributed by atoms with Gasteiger partial charge in [-0.15, -0.1) is 0 Å². The van der Waals surface area contributed by atoms with Gasteiger partial charge in [0.1, 0.15) is 12.2 Å². The van der Waals surface area contributed by atoms with Gasteiger partial charge in [-0.2, -0.15) is 5.10 Å². The molecular weight excluding hydrogens is 224 g/mol. The summed E-state index contributed by atoms with van der Waals surface area (Å²) in [5.74, 6) is 1.04. The van der Waals surface area contributed by atoms with Crippen molar-refractivity contribution in [1.29, 1.82) is 0 Å². The van der Waals surface area contributed by atoms with Gasteiger partial charge in [0.15, 0.2) is 0 Å². The molecule has 0 amide bonds. The molecular formula is C14H28N4. The van der Waals surface area contributed by atoms with Gasteiger partial charge in [-0.1, -0.05) is 51.9 Å². The lowest BCUT2D eigenvalue weighted by Crippen LogP contribution is -2.20. The maximum absolute atomic E-state index is 4.32. The highest BCUT2D eigenvalue weighted by atomic mass is 15.3. The van der Waals surface area contributed by atoms with Gasteiger partial charge in [0, 0.05) is 7.05 Å². The summed E-state index contributed by atoms with van der Waals surface area (Å²) in [5.41, 5.74) is 0. The van der Waals surface area contributed by atoms with Crippen molar-refractivity contribution < 1.29 is 0 Å². The predicted octanol–water partition coefficient (Wildman–Crippen LogP) is 3.22. The van der Waals surface area contributed by atoms with Crippen LogP contribution in [0.2, 0.25) is 0 Å². The predicted molar refractivity (Wildman–Crippen MR) is 75.4 cm³/mol. The van der Waals surface area contributed by atoms with Crippen molar-refractivity contribution >= 4 is 0 Å². The summed E-state index contributed by atoms with van der Waals surface area (Å²) < 4.78 is 1.86. The lowest BCUT2D eigenvalue weighted by molar-refractivity contribution is 0.461. The van der Waals surface area contributed by atoms with Crippen LogP contribution < -0.4 is 5.32 Å². The lowest BCUT2D eigenvalue weighted by atomic mass is 10.0. The second-order valence-electron chi connectivity index (χ2n) is 4.99. The average Bonchev–Trinajstić information content (AvgIpc) is 2.79. The highest BCUT2D eigenvalue weighted by Crippen LogP contribution is 2.17. The molecule has 0 saturated carbocycles. The number of nitrogens with one attached hydrogen (secondary N) is 1. The van der Waals surface area contributed by atoms with E-state index in [2.05, 4.69) is 22.3 Å². The van der Waals surface area contributed by atoms with E-state index in [1.807, 2.05) is 18.8 Å². The summed E-state index contributed by atoms with van der Waals surface area (Å²) in [6.07, 6.45) is 12.3. The smallest absolute Gasteiger partial charge is 0.143 e. The molecule has 0 radical (unpaired) electrons. The molecule has 0 aliphatic carbocycles. The van der Waals surface area contributed by atoms with Gasteiger partial charge in [-0.3, -0.25) is 4.68 Å². The molecule has 4 heteroatoms. The number of nitrogens with zero attached hydrogens (tertiary/aromatic N) is 3. The highest BCUT2D eigenvalue weighted by molar-refractivity contribution is 4.92. The van der Waals surface area contributed by atoms with Gasteiger partial charge in [-0.25, -0.2) is 4.98 Å². The Morgan fingerprint density at radius 3 is 2.39 bits per heavy atom. The van der Waals surface area contributed by atoms with Gasteiger partial charge in [0.05, 0.1) is 6.04 Å². The van der Waals surface area contributed by atoms with Crippen LogP contribution in [-0.2, 0) is 7.05 Å². The Kier molecular flexibility index (Phi) is 7.65. The third-order valence-corrected chi connectivity index (χ3v) is 3.50. The Hall–Kier alpha value is -0.900. The molecule has 0 bridgehead atoms. The van der Waals surface area contributed by atoms with E-state index >= 15 is 0 Å². The minimum absolute atomic E-state index is 0.341. The van der Waals surface area contributed by atoms with Crippen LogP contribution in [0, 0.1) is 0 Å². The molecule has 18 heavy (non-hydrogen) atoms. The normalized spacial score (nSPS) is 12.8. The van der Waals surface area contributed by atoms with Gasteiger partial charge >= 0.3 is 0 Å². The van der Waals surface area contributed by atoms with Crippen LogP contribution in [0.3, 0.4) is 0 Å². The largest absolute Gasteiger partial charge is 0.310 e. The van der Waals surface area contributed by atoms with Crippen LogP contribution in [0.4, 0.5) is 0 Å². The second-order valence-corrected chi connectivity index (χ2v) is 4.99. The fourth-order valence-electron chi connectivity index (χ4n) is 2.33. The SMILES string of the molecule is CCCCCCCCCC(NC)c1ncnn1C. The van der Waals surface area contributed by atoms with Crippen molar-refractivity contribution in [3.05, 3.63) is 12.2 Å². The topological polar surface area (TPSA) is 42.7 Å². The Labute approximate surface area is 111 Å². The average molecular weight is 252 g/mol. The molecule has 0 spiro atoms. The molecule has 1 atom stereocenters. The zero-order valence-corrected chi connectivity index (χ0v) is 12.2. The summed E-state index contributed by atoms with van der Waals surface area (Å²) in [6, 6.07) is 0.341. The number of hydrogen-bond donors (Lipinski definition) is 1. The molecule has 0 aliphatic rings. The number of aromatic nitrogens is 3. The van der Waals surface area contributed by atoms with Crippen LogP contribution in [0.15, 0.2) is 6.33 Å². The third kappa shape index (κ3) is 5.17. The summed E-state index contributed by atoms with van der Waals surface area (Å²) in [7, 11) is 3.96. The molecule has 0 aliphatic heterocycles. The molecule has 0 saturated heterocycles. The third-order valence-electron chi connectivity index (χ3n) is 3.50. The first-order valence-electron chi connectivity index (χ1n) is 7.30. The molecule has 4 nitrogen and oxygen atoms in total. The number of hydrogen-bond acceptors (Lipinski definition) is 3. The van der Waals surface area contributed by atoms with Crippen LogP contribution in [0.25, 0.3) is 0 Å². The fraction of sp³-hybridized carbons (Fsp3) is 0.857. The van der Waals surface area contributed by atoms with Crippen LogP contribution >= 0.6 is 0 Å². The van der Waals surface area contributed by atoms with Gasteiger partial charge in [0.2, 0.25) is 0 Å². The maximum Gasteiger partial charge on any atom is 0.143 e. The monoisotopic (exact) mass is 252 g/mol. The molecule has 1 heterocycles. The molecule has 1 unspecified atom stereocenters. The van der Waals surface area contributed by atoms with E-state index in [-0.39, 0.29) is 0 Å². The first-order valence-corrected chi connectivity index (χ1v) is 7.30. The fourth-order valence-corrected chi connectivity index (χ4v) is 2.33. The first kappa shape index (κ1) is 15.2. The zero-order chi connectivity index (χ0) is 13.2. The Bertz CT molecular complexity index is 308. The molecule has 1 rings (SSSR count). The van der Waals surface area contributed by atoms with Crippen molar-refractivity contribution in [3.8, 4) is 0 Å². The zero-order valence-electron chi connectivity index (χ0n) is 12.2. The quantitative estimate of drug-likeness (QED) is 0.650. The highest BCUT2D eigenvalue weighted by Gasteiger charge is 2.13. The van der Waals surface area contributed by atoms with Crippen molar-refractivity contribution in [3.63, 3.8) is 0 Å². The molecule has 1 N–H and O–H groups in total. The lowest BCUT2D eigenvalue weighted by Gasteiger charge is -2.14. The van der Waals surface area contributed by atoms with Gasteiger partial charge < -0.3 is 5.32 Å². The first-order chi connectivity index (χ1) is 8.79. The van der Waals surface area contributed by atoms with E-state index < -0.39 is 0 Å². The van der Waals surface area contributed by atoms with Crippen LogP contribution in [-0.4, -0.2) is 21.8 Å². The standard InChI is InChI=1S/C14H28N4/c1-4-5-6-7-8-9-10-11-13(15-2)14-16-12-17-18(14)3/h12-13,15H,4-11H2,1-3H3. The maximum atomic E-state index is 4.32. The molecule has 0 aromatic carbocycles. The number of unbranched alkanes of at least 4 members (excludes halogenated alkanes) is 6. The summed E-state index contributed by atoms with van der Waals surface area (Å²) in [6.45, 7) is 2.26.